The monoisotopic (exact) mass is 376 g/mol. The summed E-state index contributed by atoms with van der Waals surface area (Å²) >= 11 is 5.94. The highest BCUT2D eigenvalue weighted by atomic mass is 35.5. The summed E-state index contributed by atoms with van der Waals surface area (Å²) in [6, 6.07) is 17.1. The Hall–Kier alpha value is -3.44. The van der Waals surface area contributed by atoms with E-state index in [0.717, 1.165) is 0 Å². The smallest absolute Gasteiger partial charge is 0.345 e. The molecule has 0 aliphatic heterocycles. The Morgan fingerprint density at radius 3 is 2.41 bits per heavy atom. The molecule has 0 aliphatic rings. The maximum absolute atomic E-state index is 12.9. The van der Waals surface area contributed by atoms with Crippen molar-refractivity contribution in [2.24, 2.45) is 0 Å². The molecule has 0 atom stereocenters. The fraction of sp³-hybridized carbons (Fsp3) is 0. The van der Waals surface area contributed by atoms with E-state index in [-0.39, 0.29) is 11.1 Å². The van der Waals surface area contributed by atoms with Crippen LogP contribution in [0.1, 0.15) is 10.4 Å². The molecule has 27 heavy (non-hydrogen) atoms. The summed E-state index contributed by atoms with van der Waals surface area (Å²) in [6.07, 6.45) is 4.54. The van der Waals surface area contributed by atoms with E-state index in [4.69, 9.17) is 16.3 Å². The van der Waals surface area contributed by atoms with Crippen LogP contribution in [0.25, 0.3) is 16.5 Å². The van der Waals surface area contributed by atoms with Crippen LogP contribution in [0.15, 0.2) is 84.0 Å². The number of halogens is 1. The molecular weight excluding hydrogens is 364 g/mol. The van der Waals surface area contributed by atoms with Gasteiger partial charge in [0.2, 0.25) is 0 Å². The van der Waals surface area contributed by atoms with Gasteiger partial charge in [-0.05, 0) is 42.5 Å². The fourth-order valence-electron chi connectivity index (χ4n) is 2.82. The quantitative estimate of drug-likeness (QED) is 0.501. The van der Waals surface area contributed by atoms with Crippen LogP contribution < -0.4 is 10.3 Å². The first-order chi connectivity index (χ1) is 13.1. The van der Waals surface area contributed by atoms with Gasteiger partial charge in [-0.25, -0.2) is 4.79 Å². The molecule has 132 valence electrons. The number of aromatic nitrogens is 2. The number of fused-ring (bicyclic) bond motifs is 1. The van der Waals surface area contributed by atoms with Crippen LogP contribution in [0, 0.1) is 0 Å². The molecule has 0 radical (unpaired) electrons. The second-order valence-corrected chi connectivity index (χ2v) is 6.25. The summed E-state index contributed by atoms with van der Waals surface area (Å²) in [5.74, 6) is -0.238. The highest BCUT2D eigenvalue weighted by molar-refractivity contribution is 6.30. The van der Waals surface area contributed by atoms with E-state index in [0.29, 0.717) is 27.2 Å². The van der Waals surface area contributed by atoms with Crippen molar-refractivity contribution < 1.29 is 9.53 Å². The minimum Gasteiger partial charge on any atom is -0.421 e. The molecule has 0 fully saturated rings. The lowest BCUT2D eigenvalue weighted by Crippen LogP contribution is -2.22. The number of hydrogen-bond acceptors (Lipinski definition) is 4. The number of hydrogen-bond donors (Lipinski definition) is 0. The lowest BCUT2D eigenvalue weighted by Gasteiger charge is -2.12. The molecule has 0 spiro atoms. The molecule has 2 aromatic heterocycles. The summed E-state index contributed by atoms with van der Waals surface area (Å²) in [7, 11) is 0. The Morgan fingerprint density at radius 1 is 0.963 bits per heavy atom. The third-order valence-corrected chi connectivity index (χ3v) is 4.35. The van der Waals surface area contributed by atoms with Crippen LogP contribution in [-0.2, 0) is 0 Å². The van der Waals surface area contributed by atoms with Gasteiger partial charge < -0.3 is 4.74 Å². The van der Waals surface area contributed by atoms with Gasteiger partial charge in [0.1, 0.15) is 5.75 Å². The molecule has 6 heteroatoms. The van der Waals surface area contributed by atoms with E-state index >= 15 is 0 Å². The first-order valence-corrected chi connectivity index (χ1v) is 8.54. The van der Waals surface area contributed by atoms with Crippen molar-refractivity contribution in [3.63, 3.8) is 0 Å². The Kier molecular flexibility index (Phi) is 4.44. The highest BCUT2D eigenvalue weighted by Crippen LogP contribution is 2.20. The number of nitrogens with zero attached hydrogens (tertiary/aromatic N) is 2. The van der Waals surface area contributed by atoms with Gasteiger partial charge in [-0.3, -0.25) is 14.3 Å². The van der Waals surface area contributed by atoms with Crippen molar-refractivity contribution in [2.75, 3.05) is 0 Å². The second kappa shape index (κ2) is 7.05. The maximum atomic E-state index is 12.9. The molecule has 0 saturated carbocycles. The van der Waals surface area contributed by atoms with E-state index in [9.17, 15) is 9.59 Å². The molecule has 2 heterocycles. The van der Waals surface area contributed by atoms with Crippen LogP contribution in [0.3, 0.4) is 0 Å². The van der Waals surface area contributed by atoms with Gasteiger partial charge in [-0.2, -0.15) is 0 Å². The molecule has 0 unspecified atom stereocenters. The Labute approximate surface area is 159 Å². The number of pyridine rings is 2. The molecule has 2 aromatic carbocycles. The fourth-order valence-corrected chi connectivity index (χ4v) is 2.94. The van der Waals surface area contributed by atoms with E-state index in [2.05, 4.69) is 4.98 Å². The van der Waals surface area contributed by atoms with Gasteiger partial charge >= 0.3 is 5.97 Å². The van der Waals surface area contributed by atoms with E-state index in [1.165, 1.54) is 17.0 Å². The minimum atomic E-state index is -0.568. The van der Waals surface area contributed by atoms with E-state index in [1.54, 1.807) is 66.9 Å². The highest BCUT2D eigenvalue weighted by Gasteiger charge is 2.17. The second-order valence-electron chi connectivity index (χ2n) is 5.82. The molecule has 0 N–H and O–H groups in total. The number of carbonyl (C=O) groups is 1. The van der Waals surface area contributed by atoms with Gasteiger partial charge in [0.15, 0.2) is 0 Å². The average Bonchev–Trinajstić information content (AvgIpc) is 2.70. The molecule has 4 aromatic rings. The lowest BCUT2D eigenvalue weighted by molar-refractivity contribution is 0.0735. The number of ether oxygens (including phenoxy) is 1. The van der Waals surface area contributed by atoms with Crippen molar-refractivity contribution in [1.82, 2.24) is 9.55 Å². The number of esters is 1. The van der Waals surface area contributed by atoms with E-state index < -0.39 is 5.97 Å². The average molecular weight is 377 g/mol. The normalized spacial score (nSPS) is 10.7. The lowest BCUT2D eigenvalue weighted by atomic mass is 10.1. The summed E-state index contributed by atoms with van der Waals surface area (Å²) < 4.78 is 6.84. The Morgan fingerprint density at radius 2 is 1.70 bits per heavy atom. The summed E-state index contributed by atoms with van der Waals surface area (Å²) in [5.41, 5.74) is 0.653. The van der Waals surface area contributed by atoms with Crippen molar-refractivity contribution in [3.8, 4) is 11.4 Å². The van der Waals surface area contributed by atoms with Crippen molar-refractivity contribution in [3.05, 3.63) is 100 Å². The van der Waals surface area contributed by atoms with Gasteiger partial charge in [0.05, 0.1) is 11.8 Å². The maximum Gasteiger partial charge on any atom is 0.345 e. The summed E-state index contributed by atoms with van der Waals surface area (Å²) in [4.78, 5) is 29.6. The van der Waals surface area contributed by atoms with E-state index in [1.807, 2.05) is 0 Å². The number of rotatable bonds is 3. The topological polar surface area (TPSA) is 61.2 Å². The summed E-state index contributed by atoms with van der Waals surface area (Å²) in [5, 5.41) is 1.51. The largest absolute Gasteiger partial charge is 0.421 e. The van der Waals surface area contributed by atoms with Crippen molar-refractivity contribution >= 4 is 28.3 Å². The molecule has 5 nitrogen and oxygen atoms in total. The zero-order valence-corrected chi connectivity index (χ0v) is 14.8. The molecule has 0 aliphatic carbocycles. The Balaban J connectivity index is 1.89. The predicted molar refractivity (Wildman–Crippen MR) is 104 cm³/mol. The first-order valence-electron chi connectivity index (χ1n) is 8.16. The van der Waals surface area contributed by atoms with Gasteiger partial charge in [-0.15, -0.1) is 0 Å². The molecular formula is C21H13ClN2O3. The van der Waals surface area contributed by atoms with Gasteiger partial charge in [-0.1, -0.05) is 29.8 Å². The molecule has 0 saturated heterocycles. The number of benzene rings is 2. The van der Waals surface area contributed by atoms with Crippen LogP contribution in [0.4, 0.5) is 0 Å². The third-order valence-electron chi connectivity index (χ3n) is 4.09. The first kappa shape index (κ1) is 17.0. The van der Waals surface area contributed by atoms with Gasteiger partial charge in [0.25, 0.3) is 5.56 Å². The van der Waals surface area contributed by atoms with Crippen LogP contribution in [0.2, 0.25) is 5.02 Å². The summed E-state index contributed by atoms with van der Waals surface area (Å²) in [6.45, 7) is 0. The van der Waals surface area contributed by atoms with Crippen LogP contribution in [-0.4, -0.2) is 15.5 Å². The molecule has 4 rings (SSSR count). The minimum absolute atomic E-state index is 0.231. The molecule has 0 bridgehead atoms. The van der Waals surface area contributed by atoms with Gasteiger partial charge in [0, 0.05) is 33.9 Å². The zero-order valence-electron chi connectivity index (χ0n) is 14.0. The zero-order chi connectivity index (χ0) is 18.8. The van der Waals surface area contributed by atoms with Crippen LogP contribution in [0.5, 0.6) is 5.75 Å². The van der Waals surface area contributed by atoms with Crippen molar-refractivity contribution in [1.29, 1.82) is 0 Å². The third kappa shape index (κ3) is 3.32. The predicted octanol–water partition coefficient (Wildman–Crippen LogP) is 4.26. The number of carbonyl (C=O) groups excluding carboxylic acids is 1. The Bertz CT molecular complexity index is 1190. The molecule has 0 amide bonds. The SMILES string of the molecule is O=C(Oc1cccnc1)c1cn(-c2ccc(Cl)cc2)c(=O)c2ccccc12. The standard InChI is InChI=1S/C21H13ClN2O3/c22-14-7-9-15(10-8-14)24-13-19(17-5-1-2-6-18(17)20(24)25)21(26)27-16-4-3-11-23-12-16/h1-13H. The van der Waals surface area contributed by atoms with Crippen LogP contribution >= 0.6 is 11.6 Å². The van der Waals surface area contributed by atoms with Crippen molar-refractivity contribution in [2.45, 2.75) is 0 Å².